The van der Waals surface area contributed by atoms with Gasteiger partial charge in [0.2, 0.25) is 0 Å². The number of aliphatic imine (C=N–C) groups is 1. The third-order valence-corrected chi connectivity index (χ3v) is 6.60. The summed E-state index contributed by atoms with van der Waals surface area (Å²) in [6, 6.07) is 6.41. The first-order chi connectivity index (χ1) is 14.8. The second-order valence-corrected chi connectivity index (χ2v) is 9.76. The molecule has 2 N–H and O–H groups in total. The minimum atomic E-state index is 0. The Morgan fingerprint density at radius 3 is 2.47 bits per heavy atom. The minimum absolute atomic E-state index is 0. The van der Waals surface area contributed by atoms with Crippen LogP contribution in [0, 0.1) is 0 Å². The molecule has 1 aliphatic rings. The summed E-state index contributed by atoms with van der Waals surface area (Å²) in [4.78, 5) is 11.6. The fraction of sp³-hybridized carbons (Fsp3) is 0.565. The van der Waals surface area contributed by atoms with Gasteiger partial charge in [0.25, 0.3) is 0 Å². The molecular formula is C23H36IN5O2S. The van der Waals surface area contributed by atoms with Crippen molar-refractivity contribution in [2.75, 3.05) is 34.4 Å². The van der Waals surface area contributed by atoms with Gasteiger partial charge in [-0.15, -0.1) is 35.3 Å². The molecule has 178 valence electrons. The van der Waals surface area contributed by atoms with Crippen molar-refractivity contribution >= 4 is 41.3 Å². The molecule has 0 radical (unpaired) electrons. The van der Waals surface area contributed by atoms with E-state index in [0.29, 0.717) is 12.6 Å². The summed E-state index contributed by atoms with van der Waals surface area (Å²) < 4.78 is 10.8. The number of rotatable bonds is 7. The zero-order valence-corrected chi connectivity index (χ0v) is 23.0. The van der Waals surface area contributed by atoms with Gasteiger partial charge in [0.15, 0.2) is 5.96 Å². The predicted molar refractivity (Wildman–Crippen MR) is 143 cm³/mol. The van der Waals surface area contributed by atoms with Gasteiger partial charge in [0.1, 0.15) is 11.5 Å². The molecule has 32 heavy (non-hydrogen) atoms. The molecule has 0 spiro atoms. The summed E-state index contributed by atoms with van der Waals surface area (Å²) in [7, 11) is 5.18. The fourth-order valence-corrected chi connectivity index (χ4v) is 4.51. The van der Waals surface area contributed by atoms with Crippen LogP contribution in [-0.4, -0.2) is 56.2 Å². The zero-order chi connectivity index (χ0) is 22.4. The van der Waals surface area contributed by atoms with Gasteiger partial charge in [-0.05, 0) is 24.1 Å². The summed E-state index contributed by atoms with van der Waals surface area (Å²) >= 11 is 1.72. The molecule has 1 saturated heterocycles. The Bertz CT molecular complexity index is 875. The van der Waals surface area contributed by atoms with E-state index in [1.54, 1.807) is 25.6 Å². The lowest BCUT2D eigenvalue weighted by Gasteiger charge is -2.19. The number of guanidine groups is 1. The van der Waals surface area contributed by atoms with E-state index in [1.807, 2.05) is 13.1 Å². The van der Waals surface area contributed by atoms with E-state index >= 15 is 0 Å². The van der Waals surface area contributed by atoms with Gasteiger partial charge < -0.3 is 20.1 Å². The van der Waals surface area contributed by atoms with E-state index in [1.165, 1.54) is 5.56 Å². The van der Waals surface area contributed by atoms with E-state index < -0.39 is 0 Å². The number of ether oxygens (including phenoxy) is 2. The van der Waals surface area contributed by atoms with Crippen LogP contribution in [0.5, 0.6) is 11.5 Å². The van der Waals surface area contributed by atoms with Crippen molar-refractivity contribution in [3.05, 3.63) is 39.8 Å². The predicted octanol–water partition coefficient (Wildman–Crippen LogP) is 4.02. The topological polar surface area (TPSA) is 71.0 Å². The van der Waals surface area contributed by atoms with Gasteiger partial charge in [-0.25, -0.2) is 4.98 Å². The molecule has 3 rings (SSSR count). The van der Waals surface area contributed by atoms with Gasteiger partial charge in [-0.3, -0.25) is 9.89 Å². The van der Waals surface area contributed by atoms with Crippen LogP contribution >= 0.6 is 35.3 Å². The molecule has 1 aromatic heterocycles. The monoisotopic (exact) mass is 573 g/mol. The van der Waals surface area contributed by atoms with E-state index in [-0.39, 0.29) is 29.4 Å². The van der Waals surface area contributed by atoms with Crippen LogP contribution in [0.1, 0.15) is 43.5 Å². The molecule has 2 heterocycles. The number of thiazole rings is 1. The Hall–Kier alpha value is -1.59. The molecule has 0 aliphatic carbocycles. The van der Waals surface area contributed by atoms with Crippen LogP contribution in [0.2, 0.25) is 0 Å². The lowest BCUT2D eigenvalue weighted by Crippen LogP contribution is -2.44. The van der Waals surface area contributed by atoms with Crippen molar-refractivity contribution < 1.29 is 9.47 Å². The number of nitrogens with zero attached hydrogens (tertiary/aromatic N) is 3. The number of benzene rings is 1. The summed E-state index contributed by atoms with van der Waals surface area (Å²) in [5.41, 5.74) is 2.33. The van der Waals surface area contributed by atoms with Gasteiger partial charge in [-0.1, -0.05) is 20.8 Å². The highest BCUT2D eigenvalue weighted by Crippen LogP contribution is 2.26. The van der Waals surface area contributed by atoms with Crippen LogP contribution in [0.15, 0.2) is 28.6 Å². The quantitative estimate of drug-likeness (QED) is 0.297. The number of methoxy groups -OCH3 is 2. The molecule has 1 aromatic carbocycles. The average molecular weight is 574 g/mol. The highest BCUT2D eigenvalue weighted by Gasteiger charge is 2.24. The van der Waals surface area contributed by atoms with Crippen LogP contribution in [0.3, 0.4) is 0 Å². The number of halogens is 1. The molecule has 1 aliphatic heterocycles. The molecule has 2 aromatic rings. The Balaban J connectivity index is 0.00000363. The lowest BCUT2D eigenvalue weighted by molar-refractivity contribution is 0.321. The van der Waals surface area contributed by atoms with Crippen LogP contribution in [-0.2, 0) is 18.5 Å². The molecule has 1 atom stereocenters. The summed E-state index contributed by atoms with van der Waals surface area (Å²) in [5, 5.41) is 10.2. The lowest BCUT2D eigenvalue weighted by atomic mass is 9.98. The van der Waals surface area contributed by atoms with Crippen molar-refractivity contribution in [1.82, 2.24) is 20.5 Å². The van der Waals surface area contributed by atoms with Crippen molar-refractivity contribution in [2.45, 2.75) is 51.7 Å². The van der Waals surface area contributed by atoms with E-state index in [2.05, 4.69) is 58.8 Å². The maximum Gasteiger partial charge on any atom is 0.191 e. The van der Waals surface area contributed by atoms with E-state index in [4.69, 9.17) is 14.5 Å². The highest BCUT2D eigenvalue weighted by atomic mass is 127. The van der Waals surface area contributed by atoms with Crippen LogP contribution in [0.25, 0.3) is 0 Å². The Labute approximate surface area is 213 Å². The number of nitrogens with one attached hydrogen (secondary N) is 2. The van der Waals surface area contributed by atoms with E-state index in [0.717, 1.165) is 54.2 Å². The van der Waals surface area contributed by atoms with Crippen molar-refractivity contribution in [2.24, 2.45) is 4.99 Å². The SMILES string of the molecule is CN=C(NCc1csc(C(C)(C)C)n1)NC1CCN(Cc2cc(OC)cc(OC)c2)C1.I. The normalized spacial score (nSPS) is 17.1. The highest BCUT2D eigenvalue weighted by molar-refractivity contribution is 14.0. The number of hydrogen-bond donors (Lipinski definition) is 2. The molecule has 1 fully saturated rings. The fourth-order valence-electron chi connectivity index (χ4n) is 3.60. The smallest absolute Gasteiger partial charge is 0.191 e. The molecule has 1 unspecified atom stereocenters. The first-order valence-corrected chi connectivity index (χ1v) is 11.5. The second kappa shape index (κ2) is 12.0. The Kier molecular flexibility index (Phi) is 10.0. The van der Waals surface area contributed by atoms with Crippen LogP contribution < -0.4 is 20.1 Å². The summed E-state index contributed by atoms with van der Waals surface area (Å²) in [6.45, 7) is 10.1. The maximum absolute atomic E-state index is 5.39. The Morgan fingerprint density at radius 1 is 1.22 bits per heavy atom. The maximum atomic E-state index is 5.39. The minimum Gasteiger partial charge on any atom is -0.497 e. The second-order valence-electron chi connectivity index (χ2n) is 8.91. The number of aromatic nitrogens is 1. The van der Waals surface area contributed by atoms with Crippen molar-refractivity contribution in [3.63, 3.8) is 0 Å². The van der Waals surface area contributed by atoms with Crippen LogP contribution in [0.4, 0.5) is 0 Å². The number of hydrogen-bond acceptors (Lipinski definition) is 6. The summed E-state index contributed by atoms with van der Waals surface area (Å²) in [5.74, 6) is 2.47. The van der Waals surface area contributed by atoms with Gasteiger partial charge in [0, 0.05) is 49.6 Å². The number of likely N-dealkylation sites (tertiary alicyclic amines) is 1. The standard InChI is InChI=1S/C23H35N5O2S.HI/c1-23(2,3)21-26-18(15-31-21)12-25-22(24-4)27-17-7-8-28(14-17)13-16-9-19(29-5)11-20(10-16)30-6;/h9-11,15,17H,7-8,12-14H2,1-6H3,(H2,24,25,27);1H. The Morgan fingerprint density at radius 2 is 1.91 bits per heavy atom. The first-order valence-electron chi connectivity index (χ1n) is 10.7. The molecule has 0 bridgehead atoms. The average Bonchev–Trinajstić information content (AvgIpc) is 3.40. The van der Waals surface area contributed by atoms with Crippen molar-refractivity contribution in [1.29, 1.82) is 0 Å². The van der Waals surface area contributed by atoms with Gasteiger partial charge >= 0.3 is 0 Å². The van der Waals surface area contributed by atoms with Crippen molar-refractivity contribution in [3.8, 4) is 11.5 Å². The molecular weight excluding hydrogens is 537 g/mol. The van der Waals surface area contributed by atoms with Gasteiger partial charge in [0.05, 0.1) is 31.5 Å². The zero-order valence-electron chi connectivity index (χ0n) is 19.9. The first kappa shape index (κ1) is 26.7. The van der Waals surface area contributed by atoms with Gasteiger partial charge in [-0.2, -0.15) is 0 Å². The third kappa shape index (κ3) is 7.48. The van der Waals surface area contributed by atoms with E-state index in [9.17, 15) is 0 Å². The third-order valence-electron chi connectivity index (χ3n) is 5.28. The molecule has 9 heteroatoms. The molecule has 0 saturated carbocycles. The molecule has 7 nitrogen and oxygen atoms in total. The molecule has 0 amide bonds. The largest absolute Gasteiger partial charge is 0.497 e. The summed E-state index contributed by atoms with van der Waals surface area (Å²) in [6.07, 6.45) is 1.08.